The summed E-state index contributed by atoms with van der Waals surface area (Å²) in [6, 6.07) is 14.1. The highest BCUT2D eigenvalue weighted by Crippen LogP contribution is 2.36. The first-order chi connectivity index (χ1) is 15.2. The van der Waals surface area contributed by atoms with Crippen LogP contribution in [0.5, 0.6) is 0 Å². The predicted molar refractivity (Wildman–Crippen MR) is 118 cm³/mol. The van der Waals surface area contributed by atoms with Crippen LogP contribution in [0.4, 0.5) is 13.2 Å². The Morgan fingerprint density at radius 1 is 1.03 bits per heavy atom. The maximum atomic E-state index is 13.2. The Morgan fingerprint density at radius 3 is 2.31 bits per heavy atom. The molecule has 0 bridgehead atoms. The fourth-order valence-corrected chi connectivity index (χ4v) is 6.11. The van der Waals surface area contributed by atoms with E-state index in [2.05, 4.69) is 5.32 Å². The van der Waals surface area contributed by atoms with Crippen LogP contribution in [0.1, 0.15) is 24.8 Å². The van der Waals surface area contributed by atoms with Crippen molar-refractivity contribution in [1.82, 2.24) is 9.62 Å². The molecule has 1 aliphatic rings. The number of nitrogens with one attached hydrogen (secondary N) is 1. The van der Waals surface area contributed by atoms with Gasteiger partial charge in [-0.3, -0.25) is 4.79 Å². The smallest absolute Gasteiger partial charge is 0.356 e. The van der Waals surface area contributed by atoms with Crippen LogP contribution in [-0.4, -0.2) is 44.0 Å². The lowest BCUT2D eigenvalue weighted by Gasteiger charge is -2.31. The molecule has 0 unspecified atom stereocenters. The Morgan fingerprint density at radius 2 is 1.66 bits per heavy atom. The van der Waals surface area contributed by atoms with Gasteiger partial charge in [0.2, 0.25) is 15.9 Å². The van der Waals surface area contributed by atoms with Crippen molar-refractivity contribution in [2.45, 2.75) is 35.2 Å². The lowest BCUT2D eigenvalue weighted by atomic mass is 9.97. The van der Waals surface area contributed by atoms with Crippen molar-refractivity contribution in [2.75, 3.05) is 25.4 Å². The fourth-order valence-electron chi connectivity index (χ4n) is 3.56. The number of hydrogen-bond donors (Lipinski definition) is 1. The van der Waals surface area contributed by atoms with Crippen LogP contribution < -0.4 is 5.32 Å². The number of benzene rings is 2. The Balaban J connectivity index is 1.48. The minimum absolute atomic E-state index is 0.0104. The van der Waals surface area contributed by atoms with E-state index in [0.29, 0.717) is 6.54 Å². The number of hydrogen-bond acceptors (Lipinski definition) is 4. The standard InChI is InChI=1S/C22H25F3N2O3S2/c23-22(24,25)19-9-4-5-10-20(19)32(29,30)27-14-11-17(12-15-27)21(28)26-13-6-16-31-18-7-2-1-3-8-18/h1-5,7-10,17H,6,11-16H2,(H,26,28). The first kappa shape index (κ1) is 24.6. The molecule has 1 N–H and O–H groups in total. The van der Waals surface area contributed by atoms with Crippen LogP contribution in [0.3, 0.4) is 0 Å². The summed E-state index contributed by atoms with van der Waals surface area (Å²) < 4.78 is 66.4. The first-order valence-electron chi connectivity index (χ1n) is 10.3. The van der Waals surface area contributed by atoms with Crippen molar-refractivity contribution >= 4 is 27.7 Å². The average molecular weight is 487 g/mol. The van der Waals surface area contributed by atoms with E-state index in [9.17, 15) is 26.4 Å². The lowest BCUT2D eigenvalue weighted by molar-refractivity contribution is -0.139. The van der Waals surface area contributed by atoms with Crippen LogP contribution in [0.25, 0.3) is 0 Å². The van der Waals surface area contributed by atoms with Gasteiger partial charge in [0.05, 0.1) is 10.5 Å². The molecule has 0 spiro atoms. The SMILES string of the molecule is O=C(NCCCSc1ccccc1)C1CCN(S(=O)(=O)c2ccccc2C(F)(F)F)CC1. The van der Waals surface area contributed by atoms with Gasteiger partial charge in [-0.2, -0.15) is 17.5 Å². The monoisotopic (exact) mass is 486 g/mol. The maximum Gasteiger partial charge on any atom is 0.417 e. The Hall–Kier alpha value is -2.04. The Labute approximate surface area is 190 Å². The summed E-state index contributed by atoms with van der Waals surface area (Å²) in [5.74, 6) is 0.378. The molecule has 1 fully saturated rings. The van der Waals surface area contributed by atoms with Gasteiger partial charge in [0.1, 0.15) is 0 Å². The molecule has 1 amide bonds. The van der Waals surface area contributed by atoms with Gasteiger partial charge >= 0.3 is 6.18 Å². The molecule has 0 radical (unpaired) electrons. The molecule has 0 atom stereocenters. The van der Waals surface area contributed by atoms with Gasteiger partial charge < -0.3 is 5.32 Å². The zero-order valence-corrected chi connectivity index (χ0v) is 19.0. The summed E-state index contributed by atoms with van der Waals surface area (Å²) in [6.07, 6.45) is -3.41. The van der Waals surface area contributed by atoms with Crippen LogP contribution in [0.15, 0.2) is 64.4 Å². The van der Waals surface area contributed by atoms with Crippen molar-refractivity contribution in [3.05, 3.63) is 60.2 Å². The molecular weight excluding hydrogens is 461 g/mol. The molecule has 0 aromatic heterocycles. The number of rotatable bonds is 8. The van der Waals surface area contributed by atoms with Gasteiger partial charge in [0.25, 0.3) is 0 Å². The highest BCUT2D eigenvalue weighted by atomic mass is 32.2. The van der Waals surface area contributed by atoms with Crippen molar-refractivity contribution in [3.8, 4) is 0 Å². The quantitative estimate of drug-likeness (QED) is 0.444. The highest BCUT2D eigenvalue weighted by molar-refractivity contribution is 7.99. The number of piperidine rings is 1. The first-order valence-corrected chi connectivity index (χ1v) is 12.7. The van der Waals surface area contributed by atoms with Gasteiger partial charge in [-0.1, -0.05) is 30.3 Å². The van der Waals surface area contributed by atoms with Crippen molar-refractivity contribution in [3.63, 3.8) is 0 Å². The molecule has 5 nitrogen and oxygen atoms in total. The molecule has 0 saturated carbocycles. The molecule has 2 aromatic rings. The van der Waals surface area contributed by atoms with E-state index in [-0.39, 0.29) is 37.8 Å². The lowest BCUT2D eigenvalue weighted by Crippen LogP contribution is -2.43. The van der Waals surface area contributed by atoms with Crippen LogP contribution in [0.2, 0.25) is 0 Å². The van der Waals surface area contributed by atoms with Gasteiger partial charge in [0.15, 0.2) is 0 Å². The van der Waals surface area contributed by atoms with Crippen molar-refractivity contribution in [2.24, 2.45) is 5.92 Å². The van der Waals surface area contributed by atoms with E-state index in [1.165, 1.54) is 11.0 Å². The number of alkyl halides is 3. The minimum Gasteiger partial charge on any atom is -0.356 e. The number of nitrogens with zero attached hydrogens (tertiary/aromatic N) is 1. The van der Waals surface area contributed by atoms with E-state index in [0.717, 1.165) is 34.7 Å². The molecule has 1 heterocycles. The van der Waals surface area contributed by atoms with E-state index >= 15 is 0 Å². The second kappa shape index (κ2) is 10.7. The Bertz CT molecular complexity index is 1010. The second-order valence-electron chi connectivity index (χ2n) is 7.48. The van der Waals surface area contributed by atoms with Crippen LogP contribution in [-0.2, 0) is 21.0 Å². The molecule has 10 heteroatoms. The minimum atomic E-state index is -4.76. The average Bonchev–Trinajstić information content (AvgIpc) is 2.79. The molecule has 3 rings (SSSR count). The largest absolute Gasteiger partial charge is 0.417 e. The van der Waals surface area contributed by atoms with E-state index in [4.69, 9.17) is 0 Å². The normalized spacial score (nSPS) is 16.1. The zero-order chi connectivity index (χ0) is 23.2. The van der Waals surface area contributed by atoms with Crippen LogP contribution >= 0.6 is 11.8 Å². The molecule has 0 aliphatic carbocycles. The zero-order valence-electron chi connectivity index (χ0n) is 17.3. The third-order valence-electron chi connectivity index (χ3n) is 5.27. The Kier molecular flexibility index (Phi) is 8.24. The fraction of sp³-hybridized carbons (Fsp3) is 0.409. The third kappa shape index (κ3) is 6.26. The van der Waals surface area contributed by atoms with Crippen LogP contribution in [0, 0.1) is 5.92 Å². The summed E-state index contributed by atoms with van der Waals surface area (Å²) >= 11 is 1.71. The topological polar surface area (TPSA) is 66.5 Å². The number of carbonyl (C=O) groups excluding carboxylic acids is 1. The van der Waals surface area contributed by atoms with Crippen molar-refractivity contribution < 1.29 is 26.4 Å². The summed E-state index contributed by atoms with van der Waals surface area (Å²) in [5, 5.41) is 2.88. The number of sulfonamides is 1. The number of halogens is 3. The van der Waals surface area contributed by atoms with E-state index in [1.54, 1.807) is 11.8 Å². The maximum absolute atomic E-state index is 13.2. The van der Waals surface area contributed by atoms with Crippen molar-refractivity contribution in [1.29, 1.82) is 0 Å². The second-order valence-corrected chi connectivity index (χ2v) is 10.6. The molecule has 1 saturated heterocycles. The third-order valence-corrected chi connectivity index (χ3v) is 8.32. The molecule has 174 valence electrons. The number of thioether (sulfide) groups is 1. The van der Waals surface area contributed by atoms with E-state index < -0.39 is 26.7 Å². The summed E-state index contributed by atoms with van der Waals surface area (Å²) in [5.41, 5.74) is -1.17. The summed E-state index contributed by atoms with van der Waals surface area (Å²) in [4.78, 5) is 12.8. The summed E-state index contributed by atoms with van der Waals surface area (Å²) in [7, 11) is -4.30. The molecule has 32 heavy (non-hydrogen) atoms. The van der Waals surface area contributed by atoms with Gasteiger partial charge in [-0.25, -0.2) is 8.42 Å². The molecular formula is C22H25F3N2O3S2. The molecule has 1 aliphatic heterocycles. The predicted octanol–water partition coefficient (Wildman–Crippen LogP) is 4.40. The van der Waals surface area contributed by atoms with Gasteiger partial charge in [0, 0.05) is 30.4 Å². The van der Waals surface area contributed by atoms with Gasteiger partial charge in [-0.15, -0.1) is 11.8 Å². The summed E-state index contributed by atoms with van der Waals surface area (Å²) in [6.45, 7) is 0.545. The highest BCUT2D eigenvalue weighted by Gasteiger charge is 2.40. The molecule has 2 aromatic carbocycles. The van der Waals surface area contributed by atoms with E-state index in [1.807, 2.05) is 30.3 Å². The number of amides is 1. The number of carbonyl (C=O) groups is 1. The van der Waals surface area contributed by atoms with Gasteiger partial charge in [-0.05, 0) is 49.3 Å².